The van der Waals surface area contributed by atoms with Crippen LogP contribution in [0.2, 0.25) is 5.02 Å². The maximum atomic E-state index is 12.7. The molecule has 1 amide bonds. The minimum absolute atomic E-state index is 0.0404. The number of benzene rings is 2. The fourth-order valence-electron chi connectivity index (χ4n) is 3.01. The summed E-state index contributed by atoms with van der Waals surface area (Å²) < 4.78 is 16.2. The number of esters is 1. The van der Waals surface area contributed by atoms with E-state index in [0.29, 0.717) is 34.4 Å². The number of fused-ring (bicyclic) bond motifs is 1. The van der Waals surface area contributed by atoms with Gasteiger partial charge >= 0.3 is 5.97 Å². The van der Waals surface area contributed by atoms with Crippen LogP contribution in [0, 0.1) is 11.3 Å². The summed E-state index contributed by atoms with van der Waals surface area (Å²) >= 11 is 5.99. The molecule has 2 aromatic rings. The van der Waals surface area contributed by atoms with Crippen molar-refractivity contribution in [2.75, 3.05) is 31.3 Å². The first-order valence-electron chi connectivity index (χ1n) is 9.72. The normalized spacial score (nSPS) is 12.0. The zero-order chi connectivity index (χ0) is 22.2. The molecule has 0 bridgehead atoms. The monoisotopic (exact) mass is 440 g/mol. The van der Waals surface area contributed by atoms with E-state index >= 15 is 0 Å². The molecule has 3 rings (SSSR count). The first-order chi connectivity index (χ1) is 15.0. The van der Waals surface area contributed by atoms with Crippen molar-refractivity contribution in [3.63, 3.8) is 0 Å². The number of hydrogen-bond acceptors (Lipinski definition) is 6. The largest absolute Gasteiger partial charge is 0.494 e. The van der Waals surface area contributed by atoms with Crippen LogP contribution in [0.1, 0.15) is 18.9 Å². The number of nitriles is 1. The molecule has 0 saturated heterocycles. The van der Waals surface area contributed by atoms with Gasteiger partial charge in [0.1, 0.15) is 18.1 Å². The molecule has 0 radical (unpaired) electrons. The topological polar surface area (TPSA) is 88.9 Å². The third-order valence-electron chi connectivity index (χ3n) is 4.48. The molecule has 0 unspecified atom stereocenters. The van der Waals surface area contributed by atoms with Crippen LogP contribution in [0.4, 0.5) is 5.69 Å². The van der Waals surface area contributed by atoms with Crippen LogP contribution in [0.5, 0.6) is 11.5 Å². The first-order valence-corrected chi connectivity index (χ1v) is 10.1. The van der Waals surface area contributed by atoms with E-state index in [1.54, 1.807) is 48.5 Å². The Morgan fingerprint density at radius 2 is 2.00 bits per heavy atom. The second-order valence-corrected chi connectivity index (χ2v) is 7.03. The maximum absolute atomic E-state index is 12.7. The summed E-state index contributed by atoms with van der Waals surface area (Å²) in [6.45, 7) is 2.17. The van der Waals surface area contributed by atoms with Gasteiger partial charge in [0.05, 0.1) is 24.7 Å². The number of carbonyl (C=O) groups is 2. The SMILES string of the molecule is CCOc1ccc(N(CCC#N)C(=O)COC(=O)C2=Cc3cc(Cl)ccc3OC2)cc1. The smallest absolute Gasteiger partial charge is 0.338 e. The number of carbonyl (C=O) groups excluding carboxylic acids is 2. The molecule has 0 atom stereocenters. The van der Waals surface area contributed by atoms with Crippen molar-refractivity contribution in [1.82, 2.24) is 0 Å². The van der Waals surface area contributed by atoms with Crippen molar-refractivity contribution >= 4 is 35.2 Å². The van der Waals surface area contributed by atoms with Gasteiger partial charge in [-0.15, -0.1) is 0 Å². The van der Waals surface area contributed by atoms with Crippen LogP contribution in [0.25, 0.3) is 6.08 Å². The number of hydrogen-bond donors (Lipinski definition) is 0. The molecule has 7 nitrogen and oxygen atoms in total. The molecule has 1 aliphatic rings. The standard InChI is InChI=1S/C23H21ClN2O5/c1-2-29-20-7-5-19(6-8-20)26(11-3-10-25)22(27)15-31-23(28)17-12-16-13-18(24)4-9-21(16)30-14-17/h4-9,12-13H,2-3,11,14-15H2,1H3. The Labute approximate surface area is 185 Å². The van der Waals surface area contributed by atoms with Gasteiger partial charge in [-0.25, -0.2) is 4.79 Å². The maximum Gasteiger partial charge on any atom is 0.338 e. The Kier molecular flexibility index (Phi) is 7.52. The minimum Gasteiger partial charge on any atom is -0.494 e. The zero-order valence-corrected chi connectivity index (χ0v) is 17.7. The van der Waals surface area contributed by atoms with Gasteiger partial charge in [0.2, 0.25) is 0 Å². The van der Waals surface area contributed by atoms with Crippen LogP contribution in [0.15, 0.2) is 48.0 Å². The number of anilines is 1. The third-order valence-corrected chi connectivity index (χ3v) is 4.72. The molecule has 0 aliphatic carbocycles. The first kappa shape index (κ1) is 22.2. The van der Waals surface area contributed by atoms with Crippen molar-refractivity contribution in [2.24, 2.45) is 0 Å². The summed E-state index contributed by atoms with van der Waals surface area (Å²) in [5, 5.41) is 9.44. The molecule has 1 heterocycles. The average Bonchev–Trinajstić information content (AvgIpc) is 2.78. The third kappa shape index (κ3) is 5.77. The van der Waals surface area contributed by atoms with E-state index in [-0.39, 0.29) is 25.1 Å². The second kappa shape index (κ2) is 10.5. The summed E-state index contributed by atoms with van der Waals surface area (Å²) in [5.74, 6) is 0.213. The van der Waals surface area contributed by atoms with Gasteiger partial charge < -0.3 is 19.1 Å². The van der Waals surface area contributed by atoms with Crippen LogP contribution >= 0.6 is 11.6 Å². The van der Waals surface area contributed by atoms with Gasteiger partial charge in [-0.3, -0.25) is 4.79 Å². The highest BCUT2D eigenvalue weighted by atomic mass is 35.5. The van der Waals surface area contributed by atoms with Crippen LogP contribution < -0.4 is 14.4 Å². The van der Waals surface area contributed by atoms with E-state index in [1.165, 1.54) is 4.90 Å². The Balaban J connectivity index is 1.66. The molecule has 2 aromatic carbocycles. The van der Waals surface area contributed by atoms with Gasteiger partial charge in [-0.1, -0.05) is 11.6 Å². The second-order valence-electron chi connectivity index (χ2n) is 6.60. The minimum atomic E-state index is -0.647. The lowest BCUT2D eigenvalue weighted by Gasteiger charge is -2.22. The van der Waals surface area contributed by atoms with Crippen molar-refractivity contribution in [1.29, 1.82) is 5.26 Å². The summed E-state index contributed by atoms with van der Waals surface area (Å²) in [6, 6.07) is 14.1. The lowest BCUT2D eigenvalue weighted by Crippen LogP contribution is -2.35. The van der Waals surface area contributed by atoms with Gasteiger partial charge in [0.25, 0.3) is 5.91 Å². The van der Waals surface area contributed by atoms with Gasteiger partial charge in [-0.05, 0) is 55.5 Å². The predicted molar refractivity (Wildman–Crippen MR) is 116 cm³/mol. The van der Waals surface area contributed by atoms with E-state index in [0.717, 1.165) is 0 Å². The molecule has 8 heteroatoms. The molecule has 1 aliphatic heterocycles. The zero-order valence-electron chi connectivity index (χ0n) is 17.0. The van der Waals surface area contributed by atoms with Crippen LogP contribution in [-0.4, -0.2) is 38.2 Å². The number of ether oxygens (including phenoxy) is 3. The van der Waals surface area contributed by atoms with Gasteiger partial charge in [-0.2, -0.15) is 5.26 Å². The molecule has 0 N–H and O–H groups in total. The Bertz CT molecular complexity index is 1030. The van der Waals surface area contributed by atoms with E-state index in [9.17, 15) is 9.59 Å². The van der Waals surface area contributed by atoms with Gasteiger partial charge in [0.15, 0.2) is 6.61 Å². The van der Waals surface area contributed by atoms with E-state index in [4.69, 9.17) is 31.1 Å². The molecule has 0 aromatic heterocycles. The van der Waals surface area contributed by atoms with Crippen molar-refractivity contribution in [3.05, 3.63) is 58.6 Å². The molecule has 0 spiro atoms. The Morgan fingerprint density at radius 3 is 2.71 bits per heavy atom. The molecular weight excluding hydrogens is 420 g/mol. The number of nitrogens with zero attached hydrogens (tertiary/aromatic N) is 2. The number of halogens is 1. The molecular formula is C23H21ClN2O5. The van der Waals surface area contributed by atoms with E-state index in [1.807, 2.05) is 13.0 Å². The quantitative estimate of drug-likeness (QED) is 0.576. The highest BCUT2D eigenvalue weighted by Crippen LogP contribution is 2.29. The summed E-state index contributed by atoms with van der Waals surface area (Å²) in [6.07, 6.45) is 1.78. The van der Waals surface area contributed by atoms with E-state index < -0.39 is 18.5 Å². The highest BCUT2D eigenvalue weighted by Gasteiger charge is 2.22. The fraction of sp³-hybridized carbons (Fsp3) is 0.261. The predicted octanol–water partition coefficient (Wildman–Crippen LogP) is 4.00. The lowest BCUT2D eigenvalue weighted by molar-refractivity contribution is -0.144. The average molecular weight is 441 g/mol. The van der Waals surface area contributed by atoms with Crippen LogP contribution in [-0.2, 0) is 14.3 Å². The Hall–Kier alpha value is -3.50. The fourth-order valence-corrected chi connectivity index (χ4v) is 3.19. The lowest BCUT2D eigenvalue weighted by atomic mass is 10.1. The van der Waals surface area contributed by atoms with Crippen molar-refractivity contribution < 1.29 is 23.8 Å². The van der Waals surface area contributed by atoms with Crippen LogP contribution in [0.3, 0.4) is 0 Å². The van der Waals surface area contributed by atoms with Gasteiger partial charge in [0, 0.05) is 22.8 Å². The van der Waals surface area contributed by atoms with E-state index in [2.05, 4.69) is 0 Å². The summed E-state index contributed by atoms with van der Waals surface area (Å²) in [4.78, 5) is 26.6. The molecule has 0 fully saturated rings. The molecule has 160 valence electrons. The Morgan fingerprint density at radius 1 is 1.23 bits per heavy atom. The molecule has 0 saturated carbocycles. The van der Waals surface area contributed by atoms with Crippen molar-refractivity contribution in [2.45, 2.75) is 13.3 Å². The number of amides is 1. The summed E-state index contributed by atoms with van der Waals surface area (Å²) in [7, 11) is 0. The van der Waals surface area contributed by atoms with Crippen molar-refractivity contribution in [3.8, 4) is 17.6 Å². The summed E-state index contributed by atoms with van der Waals surface area (Å²) in [5.41, 5.74) is 1.54. The molecule has 31 heavy (non-hydrogen) atoms. The number of rotatable bonds is 8. The highest BCUT2D eigenvalue weighted by molar-refractivity contribution is 6.30.